The summed E-state index contributed by atoms with van der Waals surface area (Å²) in [7, 11) is 0. The van der Waals surface area contributed by atoms with E-state index in [9.17, 15) is 5.11 Å². The highest BCUT2D eigenvalue weighted by Crippen LogP contribution is 2.51. The molecule has 2 N–H and O–H groups in total. The molecule has 0 amide bonds. The SMILES string of the molecule is CC[C@H]1C[C@@H]2C[C@H]3c4[nH]c5ccc(O)cc5c4CCN(C2)[C@@H]13.Cl. The maximum atomic E-state index is 9.87. The fourth-order valence-corrected chi connectivity index (χ4v) is 5.68. The van der Waals surface area contributed by atoms with Crippen molar-refractivity contribution in [3.8, 4) is 5.75 Å². The molecule has 0 spiro atoms. The molecule has 3 fully saturated rings. The van der Waals surface area contributed by atoms with Gasteiger partial charge in [0.05, 0.1) is 0 Å². The predicted molar refractivity (Wildman–Crippen MR) is 95.5 cm³/mol. The third-order valence-electron chi connectivity index (χ3n) is 6.50. The summed E-state index contributed by atoms with van der Waals surface area (Å²) in [6, 6.07) is 6.52. The maximum Gasteiger partial charge on any atom is 0.116 e. The van der Waals surface area contributed by atoms with Crippen LogP contribution in [0, 0.1) is 11.8 Å². The fraction of sp³-hybridized carbons (Fsp3) is 0.579. The van der Waals surface area contributed by atoms with Crippen LogP contribution in [0.3, 0.4) is 0 Å². The lowest BCUT2D eigenvalue weighted by Crippen LogP contribution is -2.56. The molecule has 5 atom stereocenters. The van der Waals surface area contributed by atoms with E-state index in [-0.39, 0.29) is 12.4 Å². The van der Waals surface area contributed by atoms with Gasteiger partial charge in [0.15, 0.2) is 0 Å². The average Bonchev–Trinajstić information content (AvgIpc) is 2.85. The van der Waals surface area contributed by atoms with Crippen molar-refractivity contribution < 1.29 is 5.11 Å². The van der Waals surface area contributed by atoms with Crippen molar-refractivity contribution in [3.63, 3.8) is 0 Å². The van der Waals surface area contributed by atoms with Crippen molar-refractivity contribution in [1.82, 2.24) is 9.88 Å². The zero-order chi connectivity index (χ0) is 14.8. The summed E-state index contributed by atoms with van der Waals surface area (Å²) < 4.78 is 0. The molecular formula is C19H25ClN2O. The zero-order valence-corrected chi connectivity index (χ0v) is 14.4. The third kappa shape index (κ3) is 2.13. The van der Waals surface area contributed by atoms with Crippen molar-refractivity contribution in [3.05, 3.63) is 29.5 Å². The van der Waals surface area contributed by atoms with E-state index < -0.39 is 0 Å². The molecule has 23 heavy (non-hydrogen) atoms. The Morgan fingerprint density at radius 2 is 2.17 bits per heavy atom. The van der Waals surface area contributed by atoms with Crippen LogP contribution in [0.4, 0.5) is 0 Å². The standard InChI is InChI=1S/C19H24N2O.ClH/c1-2-12-7-11-8-16-18-14(5-6-21(10-11)19(12)16)15-9-13(22)3-4-17(15)20-18;/h3-4,9,11-12,16,19-20,22H,2,5-8,10H2,1H3;1H/t11-,12+,16+,19+;/m1./s1. The van der Waals surface area contributed by atoms with Crippen LogP contribution in [0.2, 0.25) is 0 Å². The minimum Gasteiger partial charge on any atom is -0.508 e. The molecule has 3 aliphatic heterocycles. The maximum absolute atomic E-state index is 9.87. The van der Waals surface area contributed by atoms with E-state index in [1.54, 1.807) is 6.07 Å². The second-order valence-electron chi connectivity index (χ2n) is 7.59. The van der Waals surface area contributed by atoms with Crippen LogP contribution in [0.15, 0.2) is 18.2 Å². The van der Waals surface area contributed by atoms with Crippen LogP contribution in [-0.2, 0) is 6.42 Å². The van der Waals surface area contributed by atoms with Crippen LogP contribution in [0.25, 0.3) is 10.9 Å². The second-order valence-corrected chi connectivity index (χ2v) is 7.59. The largest absolute Gasteiger partial charge is 0.508 e. The van der Waals surface area contributed by atoms with Gasteiger partial charge in [-0.3, -0.25) is 4.90 Å². The molecular weight excluding hydrogens is 308 g/mol. The van der Waals surface area contributed by atoms with Gasteiger partial charge in [-0.25, -0.2) is 0 Å². The van der Waals surface area contributed by atoms with E-state index in [1.807, 2.05) is 12.1 Å². The average molecular weight is 333 g/mol. The van der Waals surface area contributed by atoms with Crippen molar-refractivity contribution >= 4 is 23.3 Å². The number of aromatic hydroxyl groups is 1. The van der Waals surface area contributed by atoms with Gasteiger partial charge in [0.1, 0.15) is 5.75 Å². The molecule has 2 saturated heterocycles. The van der Waals surface area contributed by atoms with Gasteiger partial charge in [0.2, 0.25) is 0 Å². The van der Waals surface area contributed by atoms with Crippen molar-refractivity contribution in [2.75, 3.05) is 13.1 Å². The molecule has 1 aromatic carbocycles. The molecule has 0 radical (unpaired) electrons. The van der Waals surface area contributed by atoms with Crippen LogP contribution >= 0.6 is 12.4 Å². The quantitative estimate of drug-likeness (QED) is 0.826. The number of benzene rings is 1. The Hall–Kier alpha value is -1.19. The topological polar surface area (TPSA) is 39.3 Å². The molecule has 3 nitrogen and oxygen atoms in total. The Labute approximate surface area is 143 Å². The van der Waals surface area contributed by atoms with E-state index in [2.05, 4.69) is 16.8 Å². The van der Waals surface area contributed by atoms with Gasteiger partial charge in [-0.2, -0.15) is 0 Å². The minimum atomic E-state index is 0. The number of rotatable bonds is 1. The number of halogens is 1. The Morgan fingerprint density at radius 3 is 3.00 bits per heavy atom. The number of phenolic OH excluding ortho intramolecular Hbond substituents is 1. The summed E-state index contributed by atoms with van der Waals surface area (Å²) in [4.78, 5) is 6.51. The second kappa shape index (κ2) is 5.42. The molecule has 4 heteroatoms. The molecule has 4 bridgehead atoms. The summed E-state index contributed by atoms with van der Waals surface area (Å²) in [5, 5.41) is 11.1. The Morgan fingerprint density at radius 1 is 1.30 bits per heavy atom. The lowest BCUT2D eigenvalue weighted by Gasteiger charge is -2.53. The summed E-state index contributed by atoms with van der Waals surface area (Å²) in [5.74, 6) is 2.80. The number of fused-ring (bicyclic) bond motifs is 4. The predicted octanol–water partition coefficient (Wildman–Crippen LogP) is 4.06. The number of nitrogens with one attached hydrogen (secondary N) is 1. The number of nitrogens with zero attached hydrogens (tertiary/aromatic N) is 1. The van der Waals surface area contributed by atoms with Crippen LogP contribution in [0.5, 0.6) is 5.75 Å². The Kier molecular flexibility index (Phi) is 3.62. The molecule has 2 aromatic rings. The van der Waals surface area contributed by atoms with Gasteiger partial charge >= 0.3 is 0 Å². The lowest BCUT2D eigenvalue weighted by molar-refractivity contribution is -0.0134. The fourth-order valence-electron chi connectivity index (χ4n) is 5.68. The number of hydrogen-bond donors (Lipinski definition) is 2. The normalized spacial score (nSPS) is 34.7. The van der Waals surface area contributed by atoms with Crippen LogP contribution < -0.4 is 0 Å². The summed E-state index contributed by atoms with van der Waals surface area (Å²) in [6.07, 6.45) is 5.22. The monoisotopic (exact) mass is 332 g/mol. The van der Waals surface area contributed by atoms with Gasteiger partial charge in [-0.05, 0) is 54.9 Å². The van der Waals surface area contributed by atoms with Gasteiger partial charge in [-0.1, -0.05) is 13.3 Å². The third-order valence-corrected chi connectivity index (χ3v) is 6.50. The minimum absolute atomic E-state index is 0. The molecule has 6 rings (SSSR count). The molecule has 1 unspecified atom stereocenters. The van der Waals surface area contributed by atoms with E-state index in [0.717, 1.165) is 24.3 Å². The van der Waals surface area contributed by atoms with Crippen LogP contribution in [0.1, 0.15) is 43.4 Å². The zero-order valence-electron chi connectivity index (χ0n) is 13.6. The Bertz CT molecular complexity index is 740. The van der Waals surface area contributed by atoms with Gasteiger partial charge in [0, 0.05) is 41.6 Å². The molecule has 4 aliphatic rings. The highest BCUT2D eigenvalue weighted by atomic mass is 35.5. The first kappa shape index (κ1) is 15.3. The molecule has 1 aromatic heterocycles. The van der Waals surface area contributed by atoms with Crippen molar-refractivity contribution in [1.29, 1.82) is 0 Å². The van der Waals surface area contributed by atoms with Crippen molar-refractivity contribution in [2.45, 2.75) is 44.6 Å². The van der Waals surface area contributed by atoms with Gasteiger partial charge in [-0.15, -0.1) is 12.4 Å². The lowest BCUT2D eigenvalue weighted by atomic mass is 9.65. The molecule has 124 valence electrons. The molecule has 4 heterocycles. The summed E-state index contributed by atoms with van der Waals surface area (Å²) in [5.41, 5.74) is 4.16. The number of H-pyrrole nitrogens is 1. The first-order valence-electron chi connectivity index (χ1n) is 8.82. The number of phenols is 1. The smallest absolute Gasteiger partial charge is 0.116 e. The van der Waals surface area contributed by atoms with Crippen molar-refractivity contribution in [2.24, 2.45) is 11.8 Å². The van der Waals surface area contributed by atoms with E-state index in [1.165, 1.54) is 54.5 Å². The molecule has 1 saturated carbocycles. The molecule has 1 aliphatic carbocycles. The summed E-state index contributed by atoms with van der Waals surface area (Å²) >= 11 is 0. The van der Waals surface area contributed by atoms with E-state index >= 15 is 0 Å². The van der Waals surface area contributed by atoms with Crippen LogP contribution in [-0.4, -0.2) is 34.1 Å². The van der Waals surface area contributed by atoms with E-state index in [4.69, 9.17) is 0 Å². The summed E-state index contributed by atoms with van der Waals surface area (Å²) in [6.45, 7) is 4.86. The van der Waals surface area contributed by atoms with E-state index in [0.29, 0.717) is 11.7 Å². The first-order chi connectivity index (χ1) is 10.7. The van der Waals surface area contributed by atoms with Gasteiger partial charge in [0.25, 0.3) is 0 Å². The number of hydrogen-bond acceptors (Lipinski definition) is 2. The first-order valence-corrected chi connectivity index (χ1v) is 8.82. The Balaban J connectivity index is 0.00000135. The highest BCUT2D eigenvalue weighted by molar-refractivity contribution is 5.86. The number of aromatic amines is 1. The number of aromatic nitrogens is 1. The van der Waals surface area contributed by atoms with Gasteiger partial charge < -0.3 is 10.1 Å². The number of piperidine rings is 2. The highest BCUT2D eigenvalue weighted by Gasteiger charge is 2.48.